The van der Waals surface area contributed by atoms with E-state index in [1.165, 1.54) is 24.3 Å². The van der Waals surface area contributed by atoms with Crippen LogP contribution in [-0.4, -0.2) is 47.3 Å². The molecule has 0 unspecified atom stereocenters. The zero-order chi connectivity index (χ0) is 17.3. The van der Waals surface area contributed by atoms with Crippen molar-refractivity contribution in [2.24, 2.45) is 0 Å². The zero-order valence-electron chi connectivity index (χ0n) is 12.7. The molecule has 1 fully saturated rings. The summed E-state index contributed by atoms with van der Waals surface area (Å²) in [5.74, 6) is -1.77. The summed E-state index contributed by atoms with van der Waals surface area (Å²) in [6.07, 6.45) is -3.91. The minimum absolute atomic E-state index is 0.0312. The summed E-state index contributed by atoms with van der Waals surface area (Å²) in [7, 11) is 1.70. The van der Waals surface area contributed by atoms with E-state index in [2.05, 4.69) is 14.7 Å². The predicted octanol–water partition coefficient (Wildman–Crippen LogP) is 2.62. The summed E-state index contributed by atoms with van der Waals surface area (Å²) >= 11 is 0. The average molecular weight is 341 g/mol. The molecule has 0 spiro atoms. The van der Waals surface area contributed by atoms with Gasteiger partial charge in [-0.2, -0.15) is 18.2 Å². The van der Waals surface area contributed by atoms with Gasteiger partial charge in [-0.15, -0.1) is 0 Å². The number of hydrogen-bond acceptors (Lipinski definition) is 5. The highest BCUT2D eigenvalue weighted by Gasteiger charge is 2.38. The number of aromatic nitrogens is 2. The van der Waals surface area contributed by atoms with Gasteiger partial charge in [0.2, 0.25) is 5.82 Å². The number of carbonyl (C=O) groups is 1. The van der Waals surface area contributed by atoms with Gasteiger partial charge in [-0.05, 0) is 18.6 Å². The van der Waals surface area contributed by atoms with Crippen LogP contribution in [0.1, 0.15) is 22.7 Å². The third-order valence-electron chi connectivity index (χ3n) is 3.83. The van der Waals surface area contributed by atoms with Crippen molar-refractivity contribution in [3.8, 4) is 11.4 Å². The van der Waals surface area contributed by atoms with Gasteiger partial charge in [-0.25, -0.2) is 0 Å². The van der Waals surface area contributed by atoms with Crippen molar-refractivity contribution < 1.29 is 27.2 Å². The second kappa shape index (κ2) is 6.23. The third kappa shape index (κ3) is 3.25. The van der Waals surface area contributed by atoms with Crippen molar-refractivity contribution in [2.75, 3.05) is 20.3 Å². The molecule has 0 radical (unpaired) electrons. The first kappa shape index (κ1) is 16.4. The molecule has 0 bridgehead atoms. The highest BCUT2D eigenvalue weighted by atomic mass is 19.4. The first-order valence-electron chi connectivity index (χ1n) is 7.22. The fourth-order valence-corrected chi connectivity index (χ4v) is 2.41. The molecular formula is C15H14F3N3O3. The molecule has 2 aromatic rings. The van der Waals surface area contributed by atoms with Crippen LogP contribution in [0.15, 0.2) is 28.8 Å². The van der Waals surface area contributed by atoms with Crippen molar-refractivity contribution in [1.82, 2.24) is 15.0 Å². The molecule has 1 saturated heterocycles. The number of likely N-dealkylation sites (N-methyl/N-ethyl adjacent to an activating group) is 1. The van der Waals surface area contributed by atoms with Crippen LogP contribution in [0.5, 0.6) is 0 Å². The van der Waals surface area contributed by atoms with Crippen LogP contribution in [0, 0.1) is 0 Å². The average Bonchev–Trinajstić information content (AvgIpc) is 3.24. The van der Waals surface area contributed by atoms with E-state index in [9.17, 15) is 18.0 Å². The summed E-state index contributed by atoms with van der Waals surface area (Å²) in [5, 5.41) is 3.31. The van der Waals surface area contributed by atoms with Crippen LogP contribution < -0.4 is 0 Å². The quantitative estimate of drug-likeness (QED) is 0.858. The van der Waals surface area contributed by atoms with E-state index in [-0.39, 0.29) is 17.8 Å². The number of nitrogens with zero attached hydrogens (tertiary/aromatic N) is 3. The lowest BCUT2D eigenvalue weighted by Gasteiger charge is -2.23. The third-order valence-corrected chi connectivity index (χ3v) is 3.83. The Bertz CT molecular complexity index is 722. The Labute approximate surface area is 135 Å². The Morgan fingerprint density at radius 2 is 2.00 bits per heavy atom. The highest BCUT2D eigenvalue weighted by molar-refractivity contribution is 5.94. The van der Waals surface area contributed by atoms with Gasteiger partial charge in [-0.1, -0.05) is 17.3 Å². The summed E-state index contributed by atoms with van der Waals surface area (Å²) in [6.45, 7) is 1.13. The van der Waals surface area contributed by atoms with Crippen LogP contribution in [0.25, 0.3) is 11.4 Å². The largest absolute Gasteiger partial charge is 0.471 e. The van der Waals surface area contributed by atoms with Gasteiger partial charge in [-0.3, -0.25) is 4.79 Å². The van der Waals surface area contributed by atoms with E-state index in [1.807, 2.05) is 0 Å². The monoisotopic (exact) mass is 341 g/mol. The molecule has 0 N–H and O–H groups in total. The van der Waals surface area contributed by atoms with Crippen molar-refractivity contribution in [3.05, 3.63) is 35.7 Å². The Balaban J connectivity index is 1.75. The first-order valence-corrected chi connectivity index (χ1v) is 7.22. The minimum Gasteiger partial charge on any atom is -0.379 e. The van der Waals surface area contributed by atoms with Crippen molar-refractivity contribution >= 4 is 5.91 Å². The maximum absolute atomic E-state index is 12.5. The van der Waals surface area contributed by atoms with Gasteiger partial charge < -0.3 is 14.2 Å². The fourth-order valence-electron chi connectivity index (χ4n) is 2.41. The van der Waals surface area contributed by atoms with E-state index >= 15 is 0 Å². The lowest BCUT2D eigenvalue weighted by atomic mass is 10.1. The number of halogens is 3. The van der Waals surface area contributed by atoms with E-state index in [1.54, 1.807) is 11.9 Å². The van der Waals surface area contributed by atoms with E-state index in [0.29, 0.717) is 24.3 Å². The molecule has 1 aliphatic heterocycles. The van der Waals surface area contributed by atoms with E-state index < -0.39 is 12.1 Å². The molecule has 0 saturated carbocycles. The number of amides is 1. The summed E-state index contributed by atoms with van der Waals surface area (Å²) in [6, 6.07) is 6.04. The van der Waals surface area contributed by atoms with Crippen molar-refractivity contribution in [2.45, 2.75) is 18.6 Å². The molecule has 9 heteroatoms. The van der Waals surface area contributed by atoms with Crippen molar-refractivity contribution in [3.63, 3.8) is 0 Å². The molecule has 3 rings (SSSR count). The molecule has 1 amide bonds. The van der Waals surface area contributed by atoms with Gasteiger partial charge in [0.1, 0.15) is 0 Å². The second-order valence-electron chi connectivity index (χ2n) is 5.43. The molecule has 1 aliphatic rings. The Morgan fingerprint density at radius 3 is 2.54 bits per heavy atom. The lowest BCUT2D eigenvalue weighted by Crippen LogP contribution is -2.37. The molecule has 24 heavy (non-hydrogen) atoms. The van der Waals surface area contributed by atoms with Gasteiger partial charge in [0.05, 0.1) is 12.6 Å². The SMILES string of the molecule is CN(C(=O)c1ccc(-c2noc(C(F)(F)F)n2)cc1)[C@H]1CCOC1. The predicted molar refractivity (Wildman–Crippen MR) is 76.1 cm³/mol. The molecule has 128 valence electrons. The maximum atomic E-state index is 12.5. The summed E-state index contributed by atoms with van der Waals surface area (Å²) in [5.41, 5.74) is 0.755. The highest BCUT2D eigenvalue weighted by Crippen LogP contribution is 2.29. The number of carbonyl (C=O) groups excluding carboxylic acids is 1. The number of rotatable bonds is 3. The maximum Gasteiger partial charge on any atom is 0.471 e. The normalized spacial score (nSPS) is 17.9. The van der Waals surface area contributed by atoms with Gasteiger partial charge >= 0.3 is 12.1 Å². The Morgan fingerprint density at radius 1 is 1.29 bits per heavy atom. The minimum atomic E-state index is -4.69. The number of benzene rings is 1. The van der Waals surface area contributed by atoms with Crippen LogP contribution >= 0.6 is 0 Å². The smallest absolute Gasteiger partial charge is 0.379 e. The van der Waals surface area contributed by atoms with Gasteiger partial charge in [0.15, 0.2) is 0 Å². The lowest BCUT2D eigenvalue weighted by molar-refractivity contribution is -0.159. The zero-order valence-corrected chi connectivity index (χ0v) is 12.7. The van der Waals surface area contributed by atoms with Crippen molar-refractivity contribution in [1.29, 1.82) is 0 Å². The number of alkyl halides is 3. The summed E-state index contributed by atoms with van der Waals surface area (Å²) in [4.78, 5) is 17.3. The second-order valence-corrected chi connectivity index (χ2v) is 5.43. The molecule has 1 aromatic heterocycles. The Hall–Kier alpha value is -2.42. The van der Waals surface area contributed by atoms with Crippen LogP contribution in [0.4, 0.5) is 13.2 Å². The molecular weight excluding hydrogens is 327 g/mol. The van der Waals surface area contributed by atoms with Gasteiger partial charge in [0.25, 0.3) is 5.91 Å². The van der Waals surface area contributed by atoms with Gasteiger partial charge in [0, 0.05) is 24.8 Å². The van der Waals surface area contributed by atoms with Crippen LogP contribution in [0.2, 0.25) is 0 Å². The summed E-state index contributed by atoms with van der Waals surface area (Å²) < 4.78 is 46.9. The molecule has 1 aromatic carbocycles. The molecule has 6 nitrogen and oxygen atoms in total. The topological polar surface area (TPSA) is 68.5 Å². The van der Waals surface area contributed by atoms with Crippen LogP contribution in [-0.2, 0) is 10.9 Å². The number of hydrogen-bond donors (Lipinski definition) is 0. The molecule has 0 aliphatic carbocycles. The van der Waals surface area contributed by atoms with E-state index in [4.69, 9.17) is 4.74 Å². The standard InChI is InChI=1S/C15H14F3N3O3/c1-21(11-6-7-23-8-11)13(22)10-4-2-9(3-5-10)12-19-14(24-20-12)15(16,17)18/h2-5,11H,6-8H2,1H3/t11-/m0/s1. The molecule has 2 heterocycles. The van der Waals surface area contributed by atoms with Crippen LogP contribution in [0.3, 0.4) is 0 Å². The molecule has 1 atom stereocenters. The Kier molecular flexibility index (Phi) is 4.27. The fraction of sp³-hybridized carbons (Fsp3) is 0.400. The van der Waals surface area contributed by atoms with E-state index in [0.717, 1.165) is 6.42 Å². The number of ether oxygens (including phenoxy) is 1. The first-order chi connectivity index (χ1) is 11.4.